The van der Waals surface area contributed by atoms with Crippen molar-refractivity contribution < 1.29 is 170 Å². The van der Waals surface area contributed by atoms with Crippen molar-refractivity contribution in [2.75, 3.05) is 19.1 Å². The summed E-state index contributed by atoms with van der Waals surface area (Å²) in [5.74, 6) is 4.66. The number of hydrogen-bond acceptors (Lipinski definition) is 5. The number of fused-ring (bicyclic) bond motifs is 2. The molecule has 3 amide bonds. The smallest absolute Gasteiger partial charge is 0.237 e. The van der Waals surface area contributed by atoms with E-state index in [0.29, 0.717) is 11.8 Å². The zero-order valence-electron chi connectivity index (χ0n) is 36.8. The van der Waals surface area contributed by atoms with Gasteiger partial charge in [0.25, 0.3) is 0 Å². The summed E-state index contributed by atoms with van der Waals surface area (Å²) in [4.78, 5) is 50.2. The Labute approximate surface area is 484 Å². The first kappa shape index (κ1) is 62.3. The first-order valence-corrected chi connectivity index (χ1v) is 21.9. The second-order valence-electron chi connectivity index (χ2n) is 17.9. The van der Waals surface area contributed by atoms with Crippen LogP contribution < -0.4 is 4.90 Å². The van der Waals surface area contributed by atoms with E-state index in [1.807, 2.05) is 19.2 Å². The van der Waals surface area contributed by atoms with Gasteiger partial charge in [-0.25, -0.2) is 0 Å². The maximum atomic E-state index is 12.9. The van der Waals surface area contributed by atoms with Crippen LogP contribution in [0.4, 0.5) is 5.69 Å². The third kappa shape index (κ3) is 17.4. The number of benzene rings is 2. The van der Waals surface area contributed by atoms with E-state index in [4.69, 9.17) is 5.11 Å². The third-order valence-electron chi connectivity index (χ3n) is 13.9. The minimum atomic E-state index is -0.0747. The molecule has 2 aromatic carbocycles. The van der Waals surface area contributed by atoms with Gasteiger partial charge in [-0.3, -0.25) is 19.3 Å². The van der Waals surface area contributed by atoms with Crippen molar-refractivity contribution in [2.24, 2.45) is 47.3 Å². The van der Waals surface area contributed by atoms with Crippen LogP contribution in [0.1, 0.15) is 141 Å². The molecule has 2 saturated heterocycles. The van der Waals surface area contributed by atoms with Gasteiger partial charge in [0.1, 0.15) is 5.78 Å². The van der Waals surface area contributed by atoms with Crippen LogP contribution in [0.15, 0.2) is 60.8 Å². The van der Waals surface area contributed by atoms with Crippen molar-refractivity contribution in [1.82, 2.24) is 4.90 Å². The number of anilines is 1. The molecule has 11 heteroatoms. The SMILES string of the molecule is C.C=C1C2CCCCC2C(=O)N1C.CC(C)=O.CO.Cc1ccc(CC2CCC(C3CCC(Cc4ccc(N5C(=O)C6CCCCC6C5=O)cc4)CC3)CC2)cc1.[Ar].[Ar].[Ar].[Y]. The predicted octanol–water partition coefficient (Wildman–Crippen LogP) is 10.7. The number of carbonyl (C=O) groups is 4. The summed E-state index contributed by atoms with van der Waals surface area (Å²) >= 11 is 0. The Balaban J connectivity index is 0.00000132. The van der Waals surface area contributed by atoms with Crippen LogP contribution in [0.25, 0.3) is 0 Å². The number of aliphatic hydroxyl groups excluding tert-OH is 1. The average molecular weight is 992 g/mol. The summed E-state index contributed by atoms with van der Waals surface area (Å²) in [6, 6.07) is 17.5. The van der Waals surface area contributed by atoms with Crippen LogP contribution in [0, 0.1) is 167 Å². The van der Waals surface area contributed by atoms with E-state index in [-0.39, 0.29) is 189 Å². The maximum Gasteiger partial charge on any atom is 0.237 e. The molecule has 7 nitrogen and oxygen atoms in total. The monoisotopic (exact) mass is 991 g/mol. The average Bonchev–Trinajstić information content (AvgIpc) is 3.60. The largest absolute Gasteiger partial charge is 0.400 e. The van der Waals surface area contributed by atoms with Gasteiger partial charge < -0.3 is 14.8 Å². The fourth-order valence-electron chi connectivity index (χ4n) is 10.8. The van der Waals surface area contributed by atoms with E-state index >= 15 is 0 Å². The van der Waals surface area contributed by atoms with Crippen molar-refractivity contribution in [3.05, 3.63) is 77.5 Å². The standard InChI is InChI=1S/C35H45NO2.C10H15NO.C3H6O.CH4O.CH4.3Ar.Y/c1-24-6-8-25(9-7-24)22-26-10-16-29(17-11-26)30-18-12-27(13-19-30)23-28-14-20-31(21-15-28)36-34(37)32-4-2-3-5-33(32)35(36)38;1-7-8-5-3-4-6-9(8)10(12)11(7)2;1-3(2)4;1-2;;;;;/h6-9,14-15,20-21,26-27,29-30,32-33H,2-5,10-13,16-19,22-23H2,1H3;8-9H,1,3-6H2,2H3;1-2H3;2H,1H3;1H4;;;;. The van der Waals surface area contributed by atoms with Crippen LogP contribution in [0.2, 0.25) is 0 Å². The molecule has 0 aromatic heterocycles. The quantitative estimate of drug-likeness (QED) is 0.291. The maximum absolute atomic E-state index is 12.9. The number of Topliss-reactive ketones (excluding diaryl/α,β-unsaturated/α-hetero) is 1. The molecule has 0 spiro atoms. The van der Waals surface area contributed by atoms with Crippen molar-refractivity contribution in [3.63, 3.8) is 0 Å². The number of amides is 3. The predicted molar refractivity (Wildman–Crippen MR) is 232 cm³/mol. The van der Waals surface area contributed by atoms with Gasteiger partial charge in [0.15, 0.2) is 0 Å². The van der Waals surface area contributed by atoms with E-state index in [1.54, 1.807) is 4.90 Å². The molecule has 341 valence electrons. The van der Waals surface area contributed by atoms with E-state index < -0.39 is 0 Å². The Kier molecular flexibility index (Phi) is 32.0. The molecular weight excluding hydrogens is 917 g/mol. The summed E-state index contributed by atoms with van der Waals surface area (Å²) in [6.45, 7) is 9.20. The molecule has 2 heterocycles. The molecule has 4 atom stereocenters. The summed E-state index contributed by atoms with van der Waals surface area (Å²) in [7, 11) is 2.85. The Bertz CT molecular complexity index is 1590. The summed E-state index contributed by atoms with van der Waals surface area (Å²) in [5.41, 5.74) is 6.05. The van der Waals surface area contributed by atoms with Crippen LogP contribution >= 0.6 is 0 Å². The first-order valence-electron chi connectivity index (χ1n) is 21.9. The first-order chi connectivity index (χ1) is 27.0. The summed E-state index contributed by atoms with van der Waals surface area (Å²) < 4.78 is 0. The zero-order chi connectivity index (χ0) is 40.4. The molecule has 61 heavy (non-hydrogen) atoms. The fraction of sp³-hybridized carbons (Fsp3) is 0.640. The van der Waals surface area contributed by atoms with Crippen LogP contribution in [-0.2, 0) is 64.7 Å². The third-order valence-corrected chi connectivity index (χ3v) is 13.9. The van der Waals surface area contributed by atoms with Crippen molar-refractivity contribution in [2.45, 2.75) is 144 Å². The molecule has 2 aliphatic heterocycles. The summed E-state index contributed by atoms with van der Waals surface area (Å²) in [5, 5.41) is 7.00. The Morgan fingerprint density at radius 2 is 0.918 bits per heavy atom. The Morgan fingerprint density at radius 1 is 0.590 bits per heavy atom. The molecule has 0 bridgehead atoms. The number of carbonyl (C=O) groups excluding carboxylic acids is 4. The topological polar surface area (TPSA) is 95.0 Å². The number of allylic oxidation sites excluding steroid dienone is 1. The Morgan fingerprint density at radius 3 is 1.28 bits per heavy atom. The molecular formula is C50H74Ar3N2O5Y. The molecule has 6 aliphatic rings. The van der Waals surface area contributed by atoms with Gasteiger partial charge in [-0.2, -0.15) is 0 Å². The van der Waals surface area contributed by atoms with Gasteiger partial charge in [0.05, 0.1) is 17.5 Å². The molecule has 1 N–H and O–H groups in total. The molecule has 6 fully saturated rings. The second-order valence-corrected chi connectivity index (χ2v) is 17.9. The van der Waals surface area contributed by atoms with Gasteiger partial charge in [-0.15, -0.1) is 0 Å². The molecule has 8 rings (SSSR count). The normalized spacial score (nSPS) is 27.4. The minimum absolute atomic E-state index is 0. The number of hydrogen-bond donors (Lipinski definition) is 1. The minimum Gasteiger partial charge on any atom is -0.400 e. The molecule has 1 radical (unpaired) electrons. The molecule has 2 aromatic rings. The number of aliphatic hydroxyl groups is 1. The molecule has 4 unspecified atom stereocenters. The number of imide groups is 1. The second kappa shape index (κ2) is 31.4. The summed E-state index contributed by atoms with van der Waals surface area (Å²) in [6.07, 6.45) is 22.2. The van der Waals surface area contributed by atoms with E-state index in [0.717, 1.165) is 80.7 Å². The van der Waals surface area contributed by atoms with Gasteiger partial charge in [-0.1, -0.05) is 81.7 Å². The van der Waals surface area contributed by atoms with Gasteiger partial charge >= 0.3 is 0 Å². The van der Waals surface area contributed by atoms with Crippen molar-refractivity contribution >= 4 is 29.2 Å². The zero-order valence-corrected chi connectivity index (χ0v) is 41.7. The molecule has 4 aliphatic carbocycles. The fourth-order valence-corrected chi connectivity index (χ4v) is 10.8. The van der Waals surface area contributed by atoms with Gasteiger partial charge in [-0.05, 0) is 158 Å². The Hall–Kier alpha value is 1.30. The number of aryl methyl sites for hydroxylation is 1. The van der Waals surface area contributed by atoms with Crippen LogP contribution in [0.5, 0.6) is 0 Å². The van der Waals surface area contributed by atoms with E-state index in [1.165, 1.54) is 112 Å². The van der Waals surface area contributed by atoms with Gasteiger partial charge in [0, 0.05) is 178 Å². The number of likely N-dealkylation sites (tertiary alicyclic amines) is 1. The van der Waals surface area contributed by atoms with Crippen LogP contribution in [-0.4, -0.2) is 47.7 Å². The van der Waals surface area contributed by atoms with Crippen LogP contribution in [0.3, 0.4) is 0 Å². The van der Waals surface area contributed by atoms with E-state index in [2.05, 4.69) is 49.9 Å². The van der Waals surface area contributed by atoms with Crippen molar-refractivity contribution in [1.29, 1.82) is 0 Å². The van der Waals surface area contributed by atoms with Gasteiger partial charge in [0.2, 0.25) is 17.7 Å². The van der Waals surface area contributed by atoms with E-state index in [9.17, 15) is 19.2 Å². The molecule has 4 saturated carbocycles. The number of rotatable bonds is 6. The van der Waals surface area contributed by atoms with Crippen molar-refractivity contribution in [3.8, 4) is 0 Å². The number of nitrogens with zero attached hydrogens (tertiary/aromatic N) is 2. The number of ketones is 1.